The minimum Gasteiger partial charge on any atom is -0.478 e. The van der Waals surface area contributed by atoms with Gasteiger partial charge in [-0.25, -0.2) is 14.5 Å². The van der Waals surface area contributed by atoms with E-state index in [4.69, 9.17) is 0 Å². The lowest BCUT2D eigenvalue weighted by atomic mass is 10.2. The van der Waals surface area contributed by atoms with Gasteiger partial charge in [0.15, 0.2) is 5.82 Å². The molecular formula is C14H11N3O2S. The van der Waals surface area contributed by atoms with E-state index in [1.807, 2.05) is 24.4 Å². The van der Waals surface area contributed by atoms with Crippen LogP contribution in [-0.2, 0) is 0 Å². The molecule has 0 aliphatic rings. The number of pyridine rings is 1. The van der Waals surface area contributed by atoms with Crippen LogP contribution in [0.3, 0.4) is 0 Å². The van der Waals surface area contributed by atoms with Crippen LogP contribution >= 0.6 is 11.3 Å². The summed E-state index contributed by atoms with van der Waals surface area (Å²) in [4.78, 5) is 16.5. The van der Waals surface area contributed by atoms with Crippen LogP contribution in [0, 0.1) is 6.92 Å². The number of rotatable bonds is 3. The van der Waals surface area contributed by atoms with Crippen LogP contribution in [0.2, 0.25) is 0 Å². The average Bonchev–Trinajstić information content (AvgIpc) is 3.05. The molecule has 0 unspecified atom stereocenters. The van der Waals surface area contributed by atoms with Crippen molar-refractivity contribution in [3.8, 4) is 16.4 Å². The molecule has 0 atom stereocenters. The van der Waals surface area contributed by atoms with E-state index in [1.165, 1.54) is 22.2 Å². The van der Waals surface area contributed by atoms with Gasteiger partial charge in [0.2, 0.25) is 0 Å². The molecule has 0 aliphatic heterocycles. The van der Waals surface area contributed by atoms with Crippen LogP contribution in [0.25, 0.3) is 16.4 Å². The normalized spacial score (nSPS) is 10.7. The van der Waals surface area contributed by atoms with Crippen LogP contribution in [0.5, 0.6) is 0 Å². The van der Waals surface area contributed by atoms with Gasteiger partial charge in [0.25, 0.3) is 0 Å². The smallest absolute Gasteiger partial charge is 0.339 e. The molecule has 5 nitrogen and oxygen atoms in total. The minimum absolute atomic E-state index is 0.182. The summed E-state index contributed by atoms with van der Waals surface area (Å²) in [7, 11) is 0. The van der Waals surface area contributed by atoms with Crippen LogP contribution in [0.15, 0.2) is 42.0 Å². The van der Waals surface area contributed by atoms with Crippen LogP contribution < -0.4 is 0 Å². The van der Waals surface area contributed by atoms with Gasteiger partial charge in [-0.2, -0.15) is 5.10 Å². The Bertz CT molecular complexity index is 762. The second-order valence-corrected chi connectivity index (χ2v) is 5.18. The van der Waals surface area contributed by atoms with E-state index >= 15 is 0 Å². The number of carbonyl (C=O) groups is 1. The summed E-state index contributed by atoms with van der Waals surface area (Å²) < 4.78 is 1.50. The molecule has 0 bridgehead atoms. The molecule has 0 saturated heterocycles. The number of thiophene rings is 1. The maximum absolute atomic E-state index is 11.4. The van der Waals surface area contributed by atoms with Gasteiger partial charge in [-0.3, -0.25) is 0 Å². The fraction of sp³-hybridized carbons (Fsp3) is 0.0714. The standard InChI is InChI=1S/C14H11N3O2S/c1-9-5-7-20-13(9)12-10(14(18)19)8-17(16-12)11-4-2-3-6-15-11/h2-8H,1H3,(H,18,19). The number of hydrogen-bond acceptors (Lipinski definition) is 4. The van der Waals surface area contributed by atoms with E-state index in [-0.39, 0.29) is 5.56 Å². The second kappa shape index (κ2) is 4.90. The molecule has 0 saturated carbocycles. The van der Waals surface area contributed by atoms with Crippen molar-refractivity contribution in [1.82, 2.24) is 14.8 Å². The third kappa shape index (κ3) is 2.10. The highest BCUT2D eigenvalue weighted by atomic mass is 32.1. The van der Waals surface area contributed by atoms with Crippen molar-refractivity contribution >= 4 is 17.3 Å². The summed E-state index contributed by atoms with van der Waals surface area (Å²) in [6.45, 7) is 1.94. The number of aryl methyl sites for hydroxylation is 1. The summed E-state index contributed by atoms with van der Waals surface area (Å²) in [5, 5.41) is 15.7. The van der Waals surface area contributed by atoms with Crippen LogP contribution in [0.1, 0.15) is 15.9 Å². The number of hydrogen-bond donors (Lipinski definition) is 1. The molecule has 3 aromatic rings. The third-order valence-electron chi connectivity index (χ3n) is 2.91. The second-order valence-electron chi connectivity index (χ2n) is 4.26. The van der Waals surface area contributed by atoms with Crippen LogP contribution in [-0.4, -0.2) is 25.8 Å². The lowest BCUT2D eigenvalue weighted by Gasteiger charge is -1.98. The topological polar surface area (TPSA) is 68.0 Å². The molecule has 0 aliphatic carbocycles. The molecular weight excluding hydrogens is 274 g/mol. The van der Waals surface area contributed by atoms with E-state index < -0.39 is 5.97 Å². The largest absolute Gasteiger partial charge is 0.478 e. The number of carboxylic acids is 1. The molecule has 0 aromatic carbocycles. The highest BCUT2D eigenvalue weighted by Crippen LogP contribution is 2.31. The van der Waals surface area contributed by atoms with Crippen molar-refractivity contribution in [2.75, 3.05) is 0 Å². The Morgan fingerprint density at radius 2 is 2.20 bits per heavy atom. The summed E-state index contributed by atoms with van der Waals surface area (Å²) in [6.07, 6.45) is 3.15. The zero-order chi connectivity index (χ0) is 14.1. The summed E-state index contributed by atoms with van der Waals surface area (Å²) in [6, 6.07) is 7.37. The Hall–Kier alpha value is -2.47. The molecule has 3 aromatic heterocycles. The van der Waals surface area contributed by atoms with Crippen molar-refractivity contribution in [3.05, 3.63) is 53.2 Å². The monoisotopic (exact) mass is 285 g/mol. The van der Waals surface area contributed by atoms with Crippen LogP contribution in [0.4, 0.5) is 0 Å². The minimum atomic E-state index is -0.991. The Morgan fingerprint density at radius 1 is 1.35 bits per heavy atom. The Balaban J connectivity index is 2.18. The first kappa shape index (κ1) is 12.6. The van der Waals surface area contributed by atoms with E-state index in [2.05, 4.69) is 10.1 Å². The van der Waals surface area contributed by atoms with Gasteiger partial charge >= 0.3 is 5.97 Å². The fourth-order valence-corrected chi connectivity index (χ4v) is 2.84. The predicted molar refractivity (Wildman–Crippen MR) is 76.4 cm³/mol. The number of aromatic carboxylic acids is 1. The maximum atomic E-state index is 11.4. The van der Waals surface area contributed by atoms with Gasteiger partial charge in [-0.05, 0) is 36.1 Å². The van der Waals surface area contributed by atoms with Gasteiger partial charge in [-0.15, -0.1) is 11.3 Å². The Labute approximate surface area is 119 Å². The lowest BCUT2D eigenvalue weighted by molar-refractivity contribution is 0.0697. The quantitative estimate of drug-likeness (QED) is 0.803. The van der Waals surface area contributed by atoms with E-state index in [9.17, 15) is 9.90 Å². The highest BCUT2D eigenvalue weighted by Gasteiger charge is 2.20. The van der Waals surface area contributed by atoms with Gasteiger partial charge in [0.1, 0.15) is 11.3 Å². The molecule has 6 heteroatoms. The first-order chi connectivity index (χ1) is 9.66. The summed E-state index contributed by atoms with van der Waals surface area (Å²) in [5.74, 6) is -0.398. The Kier molecular flexibility index (Phi) is 3.08. The molecule has 0 amide bonds. The Morgan fingerprint density at radius 3 is 2.80 bits per heavy atom. The first-order valence-corrected chi connectivity index (χ1v) is 6.83. The highest BCUT2D eigenvalue weighted by molar-refractivity contribution is 7.13. The van der Waals surface area contributed by atoms with Gasteiger partial charge in [-0.1, -0.05) is 6.07 Å². The van der Waals surface area contributed by atoms with Gasteiger partial charge in [0.05, 0.1) is 4.88 Å². The van der Waals surface area contributed by atoms with Crippen molar-refractivity contribution in [2.24, 2.45) is 0 Å². The summed E-state index contributed by atoms with van der Waals surface area (Å²) in [5.41, 5.74) is 1.68. The third-order valence-corrected chi connectivity index (χ3v) is 3.93. The van der Waals surface area contributed by atoms with E-state index in [1.54, 1.807) is 18.3 Å². The number of nitrogens with zero attached hydrogens (tertiary/aromatic N) is 3. The van der Waals surface area contributed by atoms with Crippen molar-refractivity contribution in [3.63, 3.8) is 0 Å². The molecule has 0 radical (unpaired) electrons. The number of carboxylic acid groups (broad SMARTS) is 1. The molecule has 3 rings (SSSR count). The first-order valence-electron chi connectivity index (χ1n) is 5.95. The van der Waals surface area contributed by atoms with Gasteiger partial charge in [0, 0.05) is 12.4 Å². The van der Waals surface area contributed by atoms with E-state index in [0.29, 0.717) is 11.5 Å². The molecule has 100 valence electrons. The maximum Gasteiger partial charge on any atom is 0.339 e. The SMILES string of the molecule is Cc1ccsc1-c1nn(-c2ccccn2)cc1C(=O)O. The van der Waals surface area contributed by atoms with Gasteiger partial charge < -0.3 is 5.11 Å². The molecule has 0 fully saturated rings. The van der Waals surface area contributed by atoms with E-state index in [0.717, 1.165) is 10.4 Å². The zero-order valence-electron chi connectivity index (χ0n) is 10.6. The molecule has 0 spiro atoms. The molecule has 20 heavy (non-hydrogen) atoms. The molecule has 3 heterocycles. The predicted octanol–water partition coefficient (Wildman–Crippen LogP) is 3.00. The lowest BCUT2D eigenvalue weighted by Crippen LogP contribution is -1.97. The van der Waals surface area contributed by atoms with Crippen molar-refractivity contribution < 1.29 is 9.90 Å². The average molecular weight is 285 g/mol. The fourth-order valence-electron chi connectivity index (χ4n) is 1.92. The molecule has 1 N–H and O–H groups in total. The van der Waals surface area contributed by atoms with Crippen molar-refractivity contribution in [2.45, 2.75) is 6.92 Å². The summed E-state index contributed by atoms with van der Waals surface area (Å²) >= 11 is 1.48. The zero-order valence-corrected chi connectivity index (χ0v) is 11.5. The van der Waals surface area contributed by atoms with Crippen molar-refractivity contribution in [1.29, 1.82) is 0 Å². The number of aromatic nitrogens is 3.